The lowest BCUT2D eigenvalue weighted by molar-refractivity contribution is 0.134. The van der Waals surface area contributed by atoms with Crippen molar-refractivity contribution in [1.29, 1.82) is 0 Å². The Morgan fingerprint density at radius 1 is 1.37 bits per heavy atom. The standard InChI is InChI=1S/C12H19N3O3S/c13-12-10(2-1-3-11(12)19(14,16)17)15-6-7-18-8-9-4-5-9/h1-3,9,15H,4-8,13H2,(H2,14,16,17). The van der Waals surface area contributed by atoms with Gasteiger partial charge in [0.05, 0.1) is 18.0 Å². The average molecular weight is 285 g/mol. The van der Waals surface area contributed by atoms with Gasteiger partial charge in [0.25, 0.3) is 0 Å². The van der Waals surface area contributed by atoms with Gasteiger partial charge in [-0.1, -0.05) is 6.07 Å². The number of para-hydroxylation sites is 1. The number of benzene rings is 1. The molecule has 7 heteroatoms. The Morgan fingerprint density at radius 3 is 2.74 bits per heavy atom. The highest BCUT2D eigenvalue weighted by Crippen LogP contribution is 2.28. The van der Waals surface area contributed by atoms with Crippen LogP contribution in [0.4, 0.5) is 11.4 Å². The molecule has 1 aliphatic rings. The highest BCUT2D eigenvalue weighted by molar-refractivity contribution is 7.89. The number of rotatable bonds is 7. The van der Waals surface area contributed by atoms with Crippen LogP contribution < -0.4 is 16.2 Å². The average Bonchev–Trinajstić information content (AvgIpc) is 3.13. The van der Waals surface area contributed by atoms with Crippen LogP contribution in [0.25, 0.3) is 0 Å². The topological polar surface area (TPSA) is 107 Å². The summed E-state index contributed by atoms with van der Waals surface area (Å²) in [6, 6.07) is 4.70. The van der Waals surface area contributed by atoms with Gasteiger partial charge >= 0.3 is 0 Å². The number of nitrogen functional groups attached to an aromatic ring is 1. The molecule has 0 radical (unpaired) electrons. The van der Waals surface area contributed by atoms with Crippen LogP contribution in [0, 0.1) is 5.92 Å². The van der Waals surface area contributed by atoms with E-state index < -0.39 is 10.0 Å². The minimum atomic E-state index is -3.79. The zero-order chi connectivity index (χ0) is 13.9. The van der Waals surface area contributed by atoms with Crippen molar-refractivity contribution in [3.63, 3.8) is 0 Å². The highest BCUT2D eigenvalue weighted by atomic mass is 32.2. The molecule has 1 aliphatic carbocycles. The van der Waals surface area contributed by atoms with E-state index in [0.717, 1.165) is 12.5 Å². The van der Waals surface area contributed by atoms with Crippen molar-refractivity contribution in [3.05, 3.63) is 18.2 Å². The lowest BCUT2D eigenvalue weighted by Crippen LogP contribution is -2.16. The second kappa shape index (κ2) is 5.77. The quantitative estimate of drug-likeness (QED) is 0.506. The molecule has 0 heterocycles. The smallest absolute Gasteiger partial charge is 0.240 e. The number of hydrogen-bond acceptors (Lipinski definition) is 5. The van der Waals surface area contributed by atoms with Gasteiger partial charge in [0.2, 0.25) is 10.0 Å². The molecule has 1 fully saturated rings. The molecule has 0 amide bonds. The largest absolute Gasteiger partial charge is 0.396 e. The van der Waals surface area contributed by atoms with E-state index in [1.165, 1.54) is 18.9 Å². The number of ether oxygens (including phenoxy) is 1. The third-order valence-electron chi connectivity index (χ3n) is 2.98. The summed E-state index contributed by atoms with van der Waals surface area (Å²) in [5.41, 5.74) is 6.48. The van der Waals surface area contributed by atoms with Crippen LogP contribution in [0.5, 0.6) is 0 Å². The van der Waals surface area contributed by atoms with Crippen molar-refractivity contribution >= 4 is 21.4 Å². The first-order valence-electron chi connectivity index (χ1n) is 6.21. The summed E-state index contributed by atoms with van der Waals surface area (Å²) < 4.78 is 28.1. The molecule has 5 N–H and O–H groups in total. The van der Waals surface area contributed by atoms with Gasteiger partial charge in [0.1, 0.15) is 4.90 Å². The molecule has 19 heavy (non-hydrogen) atoms. The summed E-state index contributed by atoms with van der Waals surface area (Å²) in [7, 11) is -3.79. The van der Waals surface area contributed by atoms with Gasteiger partial charge in [-0.15, -0.1) is 0 Å². The monoisotopic (exact) mass is 285 g/mol. The second-order valence-electron chi connectivity index (χ2n) is 4.71. The maximum absolute atomic E-state index is 11.3. The summed E-state index contributed by atoms with van der Waals surface area (Å²) in [6.45, 7) is 1.94. The third-order valence-corrected chi connectivity index (χ3v) is 3.95. The van der Waals surface area contributed by atoms with Crippen LogP contribution in [-0.2, 0) is 14.8 Å². The molecule has 0 aliphatic heterocycles. The Kier molecular flexibility index (Phi) is 4.28. The van der Waals surface area contributed by atoms with Crippen LogP contribution in [0.2, 0.25) is 0 Å². The van der Waals surface area contributed by atoms with Crippen molar-refractivity contribution in [2.75, 3.05) is 30.8 Å². The van der Waals surface area contributed by atoms with E-state index in [1.54, 1.807) is 12.1 Å². The number of nitrogens with two attached hydrogens (primary N) is 2. The predicted molar refractivity (Wildman–Crippen MR) is 74.3 cm³/mol. The van der Waals surface area contributed by atoms with E-state index in [-0.39, 0.29) is 10.6 Å². The van der Waals surface area contributed by atoms with Gasteiger partial charge in [0.15, 0.2) is 0 Å². The fourth-order valence-corrected chi connectivity index (χ4v) is 2.42. The first-order valence-corrected chi connectivity index (χ1v) is 7.76. The molecule has 0 spiro atoms. The summed E-state index contributed by atoms with van der Waals surface area (Å²) in [5, 5.41) is 8.13. The summed E-state index contributed by atoms with van der Waals surface area (Å²) >= 11 is 0. The van der Waals surface area contributed by atoms with E-state index in [2.05, 4.69) is 5.32 Å². The van der Waals surface area contributed by atoms with Gasteiger partial charge in [-0.25, -0.2) is 13.6 Å². The van der Waals surface area contributed by atoms with E-state index in [9.17, 15) is 8.42 Å². The van der Waals surface area contributed by atoms with Crippen molar-refractivity contribution in [3.8, 4) is 0 Å². The Bertz CT molecular complexity index is 541. The van der Waals surface area contributed by atoms with Crippen LogP contribution in [0.15, 0.2) is 23.1 Å². The Hall–Kier alpha value is -1.31. The minimum Gasteiger partial charge on any atom is -0.396 e. The molecule has 1 aromatic carbocycles. The summed E-state index contributed by atoms with van der Waals surface area (Å²) in [6.07, 6.45) is 2.52. The molecule has 0 atom stereocenters. The van der Waals surface area contributed by atoms with Gasteiger partial charge in [-0.05, 0) is 30.9 Å². The molecule has 0 aromatic heterocycles. The number of sulfonamides is 1. The zero-order valence-electron chi connectivity index (χ0n) is 10.6. The summed E-state index contributed by atoms with van der Waals surface area (Å²) in [4.78, 5) is -0.0589. The van der Waals surface area contributed by atoms with Crippen LogP contribution >= 0.6 is 0 Å². The van der Waals surface area contributed by atoms with Gasteiger partial charge in [-0.2, -0.15) is 0 Å². The highest BCUT2D eigenvalue weighted by Gasteiger charge is 2.20. The molecule has 0 saturated heterocycles. The van der Waals surface area contributed by atoms with E-state index in [0.29, 0.717) is 18.8 Å². The SMILES string of the molecule is Nc1c(NCCOCC2CC2)cccc1S(N)(=O)=O. The zero-order valence-corrected chi connectivity index (χ0v) is 11.4. The van der Waals surface area contributed by atoms with Crippen molar-refractivity contribution < 1.29 is 13.2 Å². The van der Waals surface area contributed by atoms with Gasteiger partial charge in [0, 0.05) is 13.2 Å². The first-order chi connectivity index (χ1) is 8.98. The molecule has 2 rings (SSSR count). The molecule has 0 unspecified atom stereocenters. The number of nitrogens with one attached hydrogen (secondary N) is 1. The molecule has 1 aromatic rings. The van der Waals surface area contributed by atoms with Crippen molar-refractivity contribution in [2.45, 2.75) is 17.7 Å². The van der Waals surface area contributed by atoms with Gasteiger partial charge < -0.3 is 15.8 Å². The lowest BCUT2D eigenvalue weighted by atomic mass is 10.2. The minimum absolute atomic E-state index is 0.0589. The Balaban J connectivity index is 1.88. The lowest BCUT2D eigenvalue weighted by Gasteiger charge is -2.12. The second-order valence-corrected chi connectivity index (χ2v) is 6.24. The van der Waals surface area contributed by atoms with E-state index in [4.69, 9.17) is 15.6 Å². The Morgan fingerprint density at radius 2 is 2.11 bits per heavy atom. The number of primary sulfonamides is 1. The normalized spacial score (nSPS) is 15.4. The first kappa shape index (κ1) is 14.1. The van der Waals surface area contributed by atoms with Crippen LogP contribution in [0.1, 0.15) is 12.8 Å². The fraction of sp³-hybridized carbons (Fsp3) is 0.500. The fourth-order valence-electron chi connectivity index (χ4n) is 1.74. The number of anilines is 2. The van der Waals surface area contributed by atoms with Gasteiger partial charge in [-0.3, -0.25) is 0 Å². The van der Waals surface area contributed by atoms with Crippen LogP contribution in [-0.4, -0.2) is 28.2 Å². The molecular formula is C12H19N3O3S. The number of hydrogen-bond donors (Lipinski definition) is 3. The maximum Gasteiger partial charge on any atom is 0.240 e. The molecule has 0 bridgehead atoms. The van der Waals surface area contributed by atoms with E-state index in [1.807, 2.05) is 0 Å². The predicted octanol–water partition coefficient (Wildman–Crippen LogP) is 0.755. The van der Waals surface area contributed by atoms with Crippen molar-refractivity contribution in [1.82, 2.24) is 0 Å². The third kappa shape index (κ3) is 4.09. The molecular weight excluding hydrogens is 266 g/mol. The Labute approximate surface area is 113 Å². The molecule has 6 nitrogen and oxygen atoms in total. The van der Waals surface area contributed by atoms with Crippen molar-refractivity contribution in [2.24, 2.45) is 11.1 Å². The molecule has 1 saturated carbocycles. The maximum atomic E-state index is 11.3. The molecule has 106 valence electrons. The summed E-state index contributed by atoms with van der Waals surface area (Å²) in [5.74, 6) is 0.732. The van der Waals surface area contributed by atoms with E-state index >= 15 is 0 Å². The van der Waals surface area contributed by atoms with Crippen LogP contribution in [0.3, 0.4) is 0 Å².